The fraction of sp³-hybridized carbons (Fsp3) is 0.938. The van der Waals surface area contributed by atoms with Crippen LogP contribution in [0.2, 0.25) is 0 Å². The Kier molecular flexibility index (Phi) is 5.44. The smallest absolute Gasteiger partial charge is 0.325 e. The summed E-state index contributed by atoms with van der Waals surface area (Å²) in [6.07, 6.45) is 11.7. The largest absolute Gasteiger partial charge is 0.468 e. The van der Waals surface area contributed by atoms with Crippen molar-refractivity contribution in [2.45, 2.75) is 81.8 Å². The number of hydrogen-bond acceptors (Lipinski definition) is 4. The van der Waals surface area contributed by atoms with E-state index in [-0.39, 0.29) is 5.97 Å². The molecule has 4 heteroatoms. The normalized spacial score (nSPS) is 32.9. The fourth-order valence-corrected chi connectivity index (χ4v) is 3.98. The Bertz CT molecular complexity index is 326. The van der Waals surface area contributed by atoms with E-state index in [0.29, 0.717) is 12.1 Å². The molecule has 0 saturated heterocycles. The minimum atomic E-state index is -0.767. The molecule has 2 unspecified atom stereocenters. The van der Waals surface area contributed by atoms with Gasteiger partial charge < -0.3 is 15.4 Å². The monoisotopic (exact) mass is 282 g/mol. The minimum Gasteiger partial charge on any atom is -0.468 e. The van der Waals surface area contributed by atoms with E-state index in [4.69, 9.17) is 10.5 Å². The van der Waals surface area contributed by atoms with Gasteiger partial charge in [0.25, 0.3) is 0 Å². The Balaban J connectivity index is 1.98. The van der Waals surface area contributed by atoms with Crippen LogP contribution < -0.4 is 5.73 Å². The number of carbonyl (C=O) groups is 1. The van der Waals surface area contributed by atoms with Crippen LogP contribution in [-0.2, 0) is 9.53 Å². The Morgan fingerprint density at radius 1 is 1.10 bits per heavy atom. The molecule has 2 aliphatic rings. The van der Waals surface area contributed by atoms with Crippen molar-refractivity contribution in [3.05, 3.63) is 0 Å². The molecule has 2 atom stereocenters. The van der Waals surface area contributed by atoms with Gasteiger partial charge in [-0.05, 0) is 45.6 Å². The zero-order chi connectivity index (χ0) is 14.6. The van der Waals surface area contributed by atoms with Gasteiger partial charge in [0.15, 0.2) is 0 Å². The SMILES string of the molecule is COC(=O)C1(N)CCCC(N(C)C2CCCCCC2)C1. The molecule has 2 fully saturated rings. The average Bonchev–Trinajstić information content (AvgIpc) is 2.74. The first-order valence-electron chi connectivity index (χ1n) is 8.16. The molecule has 0 aromatic carbocycles. The summed E-state index contributed by atoms with van der Waals surface area (Å²) < 4.78 is 4.90. The van der Waals surface area contributed by atoms with Crippen LogP contribution in [0.25, 0.3) is 0 Å². The van der Waals surface area contributed by atoms with Crippen LogP contribution in [-0.4, -0.2) is 42.6 Å². The summed E-state index contributed by atoms with van der Waals surface area (Å²) in [5.74, 6) is -0.239. The van der Waals surface area contributed by atoms with Crippen LogP contribution in [0.4, 0.5) is 0 Å². The summed E-state index contributed by atoms with van der Waals surface area (Å²) in [5, 5.41) is 0. The summed E-state index contributed by atoms with van der Waals surface area (Å²) in [7, 11) is 3.67. The van der Waals surface area contributed by atoms with Crippen molar-refractivity contribution in [3.63, 3.8) is 0 Å². The Morgan fingerprint density at radius 3 is 2.30 bits per heavy atom. The Labute approximate surface area is 123 Å². The van der Waals surface area contributed by atoms with E-state index in [1.165, 1.54) is 45.6 Å². The van der Waals surface area contributed by atoms with Crippen LogP contribution in [0.5, 0.6) is 0 Å². The third-order valence-electron chi connectivity index (χ3n) is 5.33. The van der Waals surface area contributed by atoms with Gasteiger partial charge in [0.05, 0.1) is 7.11 Å². The Morgan fingerprint density at radius 2 is 1.70 bits per heavy atom. The van der Waals surface area contributed by atoms with Gasteiger partial charge in [-0.25, -0.2) is 0 Å². The van der Waals surface area contributed by atoms with Crippen molar-refractivity contribution < 1.29 is 9.53 Å². The number of hydrogen-bond donors (Lipinski definition) is 1. The first kappa shape index (κ1) is 15.8. The summed E-state index contributed by atoms with van der Waals surface area (Å²) in [5.41, 5.74) is 5.53. The standard InChI is InChI=1S/C16H30N2O2/c1-18(13-8-5-3-4-6-9-13)14-10-7-11-16(17,12-14)15(19)20-2/h13-14H,3-12,17H2,1-2H3. The molecule has 20 heavy (non-hydrogen) atoms. The zero-order valence-corrected chi connectivity index (χ0v) is 13.1. The molecule has 2 N–H and O–H groups in total. The van der Waals surface area contributed by atoms with Crippen molar-refractivity contribution in [2.24, 2.45) is 5.73 Å². The fourth-order valence-electron chi connectivity index (χ4n) is 3.98. The van der Waals surface area contributed by atoms with E-state index in [1.807, 2.05) is 0 Å². The van der Waals surface area contributed by atoms with Gasteiger partial charge in [-0.1, -0.05) is 25.7 Å². The topological polar surface area (TPSA) is 55.6 Å². The van der Waals surface area contributed by atoms with Crippen LogP contribution in [0.3, 0.4) is 0 Å². The summed E-state index contributed by atoms with van der Waals surface area (Å²) in [6, 6.07) is 1.10. The van der Waals surface area contributed by atoms with Gasteiger partial charge in [0, 0.05) is 12.1 Å². The van der Waals surface area contributed by atoms with Crippen LogP contribution in [0.1, 0.15) is 64.2 Å². The highest BCUT2D eigenvalue weighted by Crippen LogP contribution is 2.33. The minimum absolute atomic E-state index is 0.239. The van der Waals surface area contributed by atoms with Gasteiger partial charge in [-0.2, -0.15) is 0 Å². The second-order valence-corrected chi connectivity index (χ2v) is 6.71. The lowest BCUT2D eigenvalue weighted by molar-refractivity contribution is -0.149. The van der Waals surface area contributed by atoms with E-state index >= 15 is 0 Å². The van der Waals surface area contributed by atoms with E-state index < -0.39 is 5.54 Å². The number of ether oxygens (including phenoxy) is 1. The molecular weight excluding hydrogens is 252 g/mol. The molecular formula is C16H30N2O2. The van der Waals surface area contributed by atoms with Crippen LogP contribution in [0.15, 0.2) is 0 Å². The molecule has 4 nitrogen and oxygen atoms in total. The zero-order valence-electron chi connectivity index (χ0n) is 13.1. The van der Waals surface area contributed by atoms with E-state index in [0.717, 1.165) is 25.7 Å². The van der Waals surface area contributed by atoms with Crippen LogP contribution >= 0.6 is 0 Å². The number of nitrogens with two attached hydrogens (primary N) is 1. The first-order chi connectivity index (χ1) is 9.57. The molecule has 0 aromatic heterocycles. The van der Waals surface area contributed by atoms with Crippen molar-refractivity contribution in [1.29, 1.82) is 0 Å². The highest BCUT2D eigenvalue weighted by molar-refractivity contribution is 5.80. The van der Waals surface area contributed by atoms with Crippen molar-refractivity contribution in [1.82, 2.24) is 4.90 Å². The molecule has 0 bridgehead atoms. The van der Waals surface area contributed by atoms with Gasteiger partial charge in [-0.15, -0.1) is 0 Å². The maximum absolute atomic E-state index is 11.9. The molecule has 0 aliphatic heterocycles. The van der Waals surface area contributed by atoms with E-state index in [2.05, 4.69) is 11.9 Å². The highest BCUT2D eigenvalue weighted by Gasteiger charge is 2.42. The first-order valence-corrected chi connectivity index (χ1v) is 8.16. The lowest BCUT2D eigenvalue weighted by atomic mass is 9.78. The van der Waals surface area contributed by atoms with Gasteiger partial charge in [0.1, 0.15) is 5.54 Å². The quantitative estimate of drug-likeness (QED) is 0.638. The van der Waals surface area contributed by atoms with Crippen molar-refractivity contribution in [3.8, 4) is 0 Å². The van der Waals surface area contributed by atoms with E-state index in [1.54, 1.807) is 0 Å². The molecule has 2 rings (SSSR count). The Hall–Kier alpha value is -0.610. The maximum Gasteiger partial charge on any atom is 0.325 e. The lowest BCUT2D eigenvalue weighted by Gasteiger charge is -2.42. The predicted molar refractivity (Wildman–Crippen MR) is 80.4 cm³/mol. The number of esters is 1. The van der Waals surface area contributed by atoms with Crippen molar-refractivity contribution in [2.75, 3.05) is 14.2 Å². The maximum atomic E-state index is 11.9. The molecule has 0 radical (unpaired) electrons. The molecule has 0 heterocycles. The third kappa shape index (κ3) is 3.53. The van der Waals surface area contributed by atoms with Gasteiger partial charge in [0.2, 0.25) is 0 Å². The summed E-state index contributed by atoms with van der Waals surface area (Å²) in [6.45, 7) is 0. The number of nitrogens with zero attached hydrogens (tertiary/aromatic N) is 1. The highest BCUT2D eigenvalue weighted by atomic mass is 16.5. The van der Waals surface area contributed by atoms with Gasteiger partial charge >= 0.3 is 5.97 Å². The number of rotatable bonds is 3. The van der Waals surface area contributed by atoms with E-state index in [9.17, 15) is 4.79 Å². The number of methoxy groups -OCH3 is 1. The average molecular weight is 282 g/mol. The lowest BCUT2D eigenvalue weighted by Crippen LogP contribution is -2.56. The molecule has 116 valence electrons. The van der Waals surface area contributed by atoms with Crippen molar-refractivity contribution >= 4 is 5.97 Å². The molecule has 0 amide bonds. The van der Waals surface area contributed by atoms with Gasteiger partial charge in [-0.3, -0.25) is 4.79 Å². The molecule has 0 aromatic rings. The predicted octanol–water partition coefficient (Wildman–Crippen LogP) is 2.45. The molecule has 0 spiro atoms. The molecule has 2 aliphatic carbocycles. The second kappa shape index (κ2) is 6.90. The second-order valence-electron chi connectivity index (χ2n) is 6.71. The summed E-state index contributed by atoms with van der Waals surface area (Å²) >= 11 is 0. The third-order valence-corrected chi connectivity index (χ3v) is 5.33. The van der Waals surface area contributed by atoms with Crippen LogP contribution in [0, 0.1) is 0 Å². The number of carbonyl (C=O) groups excluding carboxylic acids is 1. The molecule has 2 saturated carbocycles. The summed E-state index contributed by atoms with van der Waals surface area (Å²) in [4.78, 5) is 14.4.